The van der Waals surface area contributed by atoms with Gasteiger partial charge >= 0.3 is 0 Å². The van der Waals surface area contributed by atoms with Crippen LogP contribution in [0.1, 0.15) is 12.8 Å². The van der Waals surface area contributed by atoms with Gasteiger partial charge in [-0.25, -0.2) is 4.68 Å². The van der Waals surface area contributed by atoms with E-state index in [2.05, 4.69) is 16.3 Å². The summed E-state index contributed by atoms with van der Waals surface area (Å²) in [6.45, 7) is 0. The Hall–Kier alpha value is -1.42. The van der Waals surface area contributed by atoms with Crippen LogP contribution in [0.25, 0.3) is 11.4 Å². The zero-order chi connectivity index (χ0) is 14.5. The first kappa shape index (κ1) is 15.0. The Balaban J connectivity index is 2.18. The van der Waals surface area contributed by atoms with Crippen molar-refractivity contribution in [2.45, 2.75) is 18.0 Å². The number of hydrogen-bond acceptors (Lipinski definition) is 5. The van der Waals surface area contributed by atoms with E-state index in [0.717, 1.165) is 12.2 Å². The number of hydrogen-bond donors (Lipinski definition) is 1. The van der Waals surface area contributed by atoms with Crippen LogP contribution in [0.3, 0.4) is 0 Å². The first-order valence-electron chi connectivity index (χ1n) is 5.79. The standard InChI is InChI=1S/C12H11Cl2N5S/c13-8-3-4-9(10(14)7-8)11-17-18-12(19(11)16)20-6-2-1-5-15/h3-4,7H,1-2,6,16H2. The summed E-state index contributed by atoms with van der Waals surface area (Å²) >= 11 is 13.4. The third-order valence-electron chi connectivity index (χ3n) is 2.50. The van der Waals surface area contributed by atoms with Gasteiger partial charge in [-0.2, -0.15) is 5.26 Å². The van der Waals surface area contributed by atoms with E-state index >= 15 is 0 Å². The van der Waals surface area contributed by atoms with Gasteiger partial charge in [0.2, 0.25) is 5.16 Å². The Labute approximate surface area is 130 Å². The van der Waals surface area contributed by atoms with Crippen molar-refractivity contribution in [2.24, 2.45) is 0 Å². The summed E-state index contributed by atoms with van der Waals surface area (Å²) in [7, 11) is 0. The van der Waals surface area contributed by atoms with Crippen LogP contribution in [0.4, 0.5) is 0 Å². The molecule has 0 amide bonds. The van der Waals surface area contributed by atoms with E-state index in [1.54, 1.807) is 18.2 Å². The molecule has 0 unspecified atom stereocenters. The normalized spacial score (nSPS) is 10.4. The van der Waals surface area contributed by atoms with Crippen molar-refractivity contribution in [3.63, 3.8) is 0 Å². The zero-order valence-corrected chi connectivity index (χ0v) is 12.7. The van der Waals surface area contributed by atoms with E-state index in [1.807, 2.05) is 0 Å². The molecule has 20 heavy (non-hydrogen) atoms. The minimum atomic E-state index is 0.470. The first-order chi connectivity index (χ1) is 9.63. The Bertz CT molecular complexity index is 650. The number of nitriles is 1. The molecule has 0 aliphatic rings. The second-order valence-electron chi connectivity index (χ2n) is 3.91. The lowest BCUT2D eigenvalue weighted by Gasteiger charge is -2.05. The quantitative estimate of drug-likeness (QED) is 0.517. The molecule has 0 saturated carbocycles. The van der Waals surface area contributed by atoms with Gasteiger partial charge in [0.15, 0.2) is 5.82 Å². The predicted octanol–water partition coefficient (Wildman–Crippen LogP) is 3.36. The zero-order valence-electron chi connectivity index (χ0n) is 10.4. The maximum absolute atomic E-state index is 8.48. The Kier molecular flexibility index (Phi) is 5.12. The average molecular weight is 328 g/mol. The summed E-state index contributed by atoms with van der Waals surface area (Å²) in [4.78, 5) is 0. The molecule has 0 spiro atoms. The fourth-order valence-electron chi connectivity index (χ4n) is 1.54. The van der Waals surface area contributed by atoms with Gasteiger partial charge in [-0.15, -0.1) is 10.2 Å². The van der Waals surface area contributed by atoms with Crippen molar-refractivity contribution in [1.29, 1.82) is 5.26 Å². The third-order valence-corrected chi connectivity index (χ3v) is 4.08. The van der Waals surface area contributed by atoms with Crippen LogP contribution in [-0.4, -0.2) is 20.6 Å². The monoisotopic (exact) mass is 327 g/mol. The number of thioether (sulfide) groups is 1. The second kappa shape index (κ2) is 6.84. The number of nitrogens with zero attached hydrogens (tertiary/aromatic N) is 4. The molecule has 2 N–H and O–H groups in total. The number of halogens is 2. The fraction of sp³-hybridized carbons (Fsp3) is 0.250. The molecule has 0 radical (unpaired) electrons. The molecule has 1 aromatic carbocycles. The second-order valence-corrected chi connectivity index (χ2v) is 5.82. The van der Waals surface area contributed by atoms with Crippen LogP contribution < -0.4 is 5.84 Å². The molecule has 0 saturated heterocycles. The highest BCUT2D eigenvalue weighted by Gasteiger charge is 2.14. The van der Waals surface area contributed by atoms with Gasteiger partial charge in [-0.1, -0.05) is 35.0 Å². The number of unbranched alkanes of at least 4 members (excludes halogenated alkanes) is 1. The van der Waals surface area contributed by atoms with Gasteiger partial charge in [0, 0.05) is 22.8 Å². The van der Waals surface area contributed by atoms with Crippen molar-refractivity contribution in [2.75, 3.05) is 11.6 Å². The number of nitrogen functional groups attached to an aromatic ring is 1. The van der Waals surface area contributed by atoms with E-state index in [9.17, 15) is 0 Å². The van der Waals surface area contributed by atoms with Crippen molar-refractivity contribution < 1.29 is 0 Å². The van der Waals surface area contributed by atoms with Gasteiger partial charge < -0.3 is 5.84 Å². The van der Waals surface area contributed by atoms with E-state index in [0.29, 0.717) is 33.0 Å². The minimum Gasteiger partial charge on any atom is -0.335 e. The fourth-order valence-corrected chi connectivity index (χ4v) is 2.83. The van der Waals surface area contributed by atoms with Crippen LogP contribution in [0, 0.1) is 11.3 Å². The Morgan fingerprint density at radius 2 is 2.15 bits per heavy atom. The number of benzene rings is 1. The Morgan fingerprint density at radius 3 is 2.85 bits per heavy atom. The van der Waals surface area contributed by atoms with Gasteiger partial charge in [-0.05, 0) is 24.6 Å². The Morgan fingerprint density at radius 1 is 1.35 bits per heavy atom. The van der Waals surface area contributed by atoms with Crippen LogP contribution in [0.5, 0.6) is 0 Å². The molecule has 2 rings (SSSR count). The number of aromatic nitrogens is 3. The molecule has 0 aliphatic carbocycles. The van der Waals surface area contributed by atoms with Crippen LogP contribution in [0.15, 0.2) is 23.4 Å². The van der Waals surface area contributed by atoms with Gasteiger partial charge in [0.05, 0.1) is 11.1 Å². The van der Waals surface area contributed by atoms with Gasteiger partial charge in [0.25, 0.3) is 0 Å². The summed E-state index contributed by atoms with van der Waals surface area (Å²) in [5.41, 5.74) is 0.676. The summed E-state index contributed by atoms with van der Waals surface area (Å²) in [5.74, 6) is 7.21. The van der Waals surface area contributed by atoms with E-state index in [1.165, 1.54) is 16.4 Å². The first-order valence-corrected chi connectivity index (χ1v) is 7.53. The minimum absolute atomic E-state index is 0.470. The van der Waals surface area contributed by atoms with Crippen molar-refractivity contribution >= 4 is 35.0 Å². The smallest absolute Gasteiger partial charge is 0.210 e. The van der Waals surface area contributed by atoms with Crippen molar-refractivity contribution in [3.8, 4) is 17.5 Å². The third kappa shape index (κ3) is 3.37. The molecular formula is C12H11Cl2N5S. The molecule has 1 aromatic heterocycles. The molecule has 2 aromatic rings. The maximum Gasteiger partial charge on any atom is 0.210 e. The largest absolute Gasteiger partial charge is 0.335 e. The summed E-state index contributed by atoms with van der Waals surface area (Å²) in [5, 5.41) is 18.2. The molecule has 1 heterocycles. The molecule has 0 bridgehead atoms. The van der Waals surface area contributed by atoms with Crippen molar-refractivity contribution in [3.05, 3.63) is 28.2 Å². The lowest BCUT2D eigenvalue weighted by molar-refractivity contribution is 0.846. The lowest BCUT2D eigenvalue weighted by Crippen LogP contribution is -2.11. The number of rotatable bonds is 5. The van der Waals surface area contributed by atoms with Gasteiger partial charge in [-0.3, -0.25) is 0 Å². The number of nitrogens with two attached hydrogens (primary N) is 1. The highest BCUT2D eigenvalue weighted by atomic mass is 35.5. The van der Waals surface area contributed by atoms with Crippen molar-refractivity contribution in [1.82, 2.24) is 14.9 Å². The molecular weight excluding hydrogens is 317 g/mol. The summed E-state index contributed by atoms with van der Waals surface area (Å²) < 4.78 is 1.39. The van der Waals surface area contributed by atoms with E-state index in [4.69, 9.17) is 34.3 Å². The van der Waals surface area contributed by atoms with Gasteiger partial charge in [0.1, 0.15) is 0 Å². The molecule has 0 fully saturated rings. The van der Waals surface area contributed by atoms with Crippen LogP contribution >= 0.6 is 35.0 Å². The molecule has 8 heteroatoms. The van der Waals surface area contributed by atoms with E-state index in [-0.39, 0.29) is 0 Å². The lowest BCUT2D eigenvalue weighted by atomic mass is 10.2. The molecule has 0 atom stereocenters. The highest BCUT2D eigenvalue weighted by Crippen LogP contribution is 2.30. The predicted molar refractivity (Wildman–Crippen MR) is 81.2 cm³/mol. The molecule has 104 valence electrons. The average Bonchev–Trinajstić information content (AvgIpc) is 2.77. The van der Waals surface area contributed by atoms with E-state index < -0.39 is 0 Å². The molecule has 0 aliphatic heterocycles. The molecule has 5 nitrogen and oxygen atoms in total. The topological polar surface area (TPSA) is 80.5 Å². The highest BCUT2D eigenvalue weighted by molar-refractivity contribution is 7.99. The maximum atomic E-state index is 8.48. The summed E-state index contributed by atoms with van der Waals surface area (Å²) in [6, 6.07) is 7.20. The SMILES string of the molecule is N#CCCCSc1nnc(-c2ccc(Cl)cc2Cl)n1N. The van der Waals surface area contributed by atoms with Crippen LogP contribution in [-0.2, 0) is 0 Å². The van der Waals surface area contributed by atoms with Crippen LogP contribution in [0.2, 0.25) is 10.0 Å². The summed E-state index contributed by atoms with van der Waals surface area (Å²) in [6.07, 6.45) is 1.30.